The van der Waals surface area contributed by atoms with E-state index in [1.54, 1.807) is 20.8 Å². The summed E-state index contributed by atoms with van der Waals surface area (Å²) in [5, 5.41) is 11.7. The van der Waals surface area contributed by atoms with Crippen molar-refractivity contribution in [1.82, 2.24) is 9.96 Å². The first kappa shape index (κ1) is 21.7. The normalized spacial score (nSPS) is 23.8. The molecule has 2 saturated heterocycles. The molecule has 0 radical (unpaired) electrons. The van der Waals surface area contributed by atoms with Crippen molar-refractivity contribution in [2.24, 2.45) is 0 Å². The molecule has 0 saturated carbocycles. The third-order valence-corrected chi connectivity index (χ3v) is 6.37. The molecular weight excluding hydrogens is 424 g/mol. The molecule has 2 amide bonds. The number of likely N-dealkylation sites (tertiary alicyclic amines) is 1. The molecule has 1 aliphatic carbocycles. The lowest BCUT2D eigenvalue weighted by atomic mass is 9.98. The third kappa shape index (κ3) is 3.83. The van der Waals surface area contributed by atoms with Crippen molar-refractivity contribution < 1.29 is 29.0 Å². The number of benzene rings is 2. The summed E-state index contributed by atoms with van der Waals surface area (Å²) in [6.45, 7) is 5.65. The molecule has 8 nitrogen and oxygen atoms in total. The first-order chi connectivity index (χ1) is 15.7. The standard InChI is InChI=1S/C25H28N2O6/c1-25(2,3)33-23(29)26-12-21(28)22-20(26)14-32-27(22)24(30)31-13-19-17-10-6-4-8-15(17)16-9-5-7-11-18(16)19/h4-11,19-22,28H,12-14H2,1-3H3/t20-,21+,22+/m1/s1. The van der Waals surface area contributed by atoms with Crippen molar-refractivity contribution in [3.63, 3.8) is 0 Å². The van der Waals surface area contributed by atoms with Crippen LogP contribution in [0.15, 0.2) is 48.5 Å². The number of fused-ring (bicyclic) bond motifs is 4. The van der Waals surface area contributed by atoms with Crippen molar-refractivity contribution in [2.75, 3.05) is 19.8 Å². The Morgan fingerprint density at radius 3 is 2.24 bits per heavy atom. The zero-order chi connectivity index (χ0) is 23.3. The van der Waals surface area contributed by atoms with Crippen LogP contribution in [-0.2, 0) is 14.3 Å². The molecule has 0 spiro atoms. The zero-order valence-electron chi connectivity index (χ0n) is 18.9. The maximum atomic E-state index is 13.0. The summed E-state index contributed by atoms with van der Waals surface area (Å²) in [6.07, 6.45) is -2.16. The highest BCUT2D eigenvalue weighted by Crippen LogP contribution is 2.44. The quantitative estimate of drug-likeness (QED) is 0.750. The maximum Gasteiger partial charge on any atom is 0.434 e. The molecule has 8 heteroatoms. The monoisotopic (exact) mass is 452 g/mol. The molecule has 2 aliphatic heterocycles. The first-order valence-corrected chi connectivity index (χ1v) is 11.2. The summed E-state index contributed by atoms with van der Waals surface area (Å²) < 4.78 is 11.1. The molecule has 3 atom stereocenters. The second-order valence-corrected chi connectivity index (χ2v) is 9.68. The molecule has 2 aromatic rings. The Bertz CT molecular complexity index is 1040. The summed E-state index contributed by atoms with van der Waals surface area (Å²) >= 11 is 0. The van der Waals surface area contributed by atoms with E-state index in [2.05, 4.69) is 24.3 Å². The van der Waals surface area contributed by atoms with E-state index in [0.717, 1.165) is 27.3 Å². The molecule has 2 heterocycles. The number of amides is 2. The van der Waals surface area contributed by atoms with Gasteiger partial charge in [-0.05, 0) is 43.0 Å². The fraction of sp³-hybridized carbons (Fsp3) is 0.440. The highest BCUT2D eigenvalue weighted by atomic mass is 16.7. The van der Waals surface area contributed by atoms with Crippen LogP contribution in [0.25, 0.3) is 11.1 Å². The zero-order valence-corrected chi connectivity index (χ0v) is 18.9. The summed E-state index contributed by atoms with van der Waals surface area (Å²) in [5.74, 6) is -0.0773. The number of ether oxygens (including phenoxy) is 2. The number of rotatable bonds is 2. The van der Waals surface area contributed by atoms with E-state index in [9.17, 15) is 14.7 Å². The Balaban J connectivity index is 1.28. The van der Waals surface area contributed by atoms with Crippen LogP contribution in [0.1, 0.15) is 37.8 Å². The van der Waals surface area contributed by atoms with Gasteiger partial charge in [0.05, 0.1) is 25.3 Å². The van der Waals surface area contributed by atoms with Crippen LogP contribution in [-0.4, -0.2) is 70.8 Å². The van der Waals surface area contributed by atoms with E-state index >= 15 is 0 Å². The van der Waals surface area contributed by atoms with Gasteiger partial charge >= 0.3 is 12.2 Å². The van der Waals surface area contributed by atoms with E-state index in [0.29, 0.717) is 0 Å². The smallest absolute Gasteiger partial charge is 0.434 e. The average Bonchev–Trinajstić information content (AvgIpc) is 3.43. The Hall–Kier alpha value is -3.10. The van der Waals surface area contributed by atoms with Crippen molar-refractivity contribution in [3.8, 4) is 11.1 Å². The van der Waals surface area contributed by atoms with Crippen LogP contribution in [0.3, 0.4) is 0 Å². The number of hydrogen-bond acceptors (Lipinski definition) is 6. The van der Waals surface area contributed by atoms with Crippen LogP contribution in [0.2, 0.25) is 0 Å². The molecule has 0 unspecified atom stereocenters. The lowest BCUT2D eigenvalue weighted by Gasteiger charge is -2.27. The topological polar surface area (TPSA) is 88.5 Å². The molecular formula is C25H28N2O6. The molecule has 33 heavy (non-hydrogen) atoms. The Kier molecular flexibility index (Phi) is 5.29. The Morgan fingerprint density at radius 2 is 1.64 bits per heavy atom. The number of nitrogens with zero attached hydrogens (tertiary/aromatic N) is 2. The fourth-order valence-electron chi connectivity index (χ4n) is 4.99. The Morgan fingerprint density at radius 1 is 1.03 bits per heavy atom. The van der Waals surface area contributed by atoms with Crippen LogP contribution >= 0.6 is 0 Å². The highest BCUT2D eigenvalue weighted by Gasteiger charge is 2.54. The van der Waals surface area contributed by atoms with Crippen molar-refractivity contribution in [3.05, 3.63) is 59.7 Å². The van der Waals surface area contributed by atoms with Crippen molar-refractivity contribution in [1.29, 1.82) is 0 Å². The van der Waals surface area contributed by atoms with Crippen LogP contribution in [0.4, 0.5) is 9.59 Å². The largest absolute Gasteiger partial charge is 0.447 e. The van der Waals surface area contributed by atoms with Gasteiger partial charge in [0.1, 0.15) is 18.2 Å². The predicted octanol–water partition coefficient (Wildman–Crippen LogP) is 3.53. The minimum Gasteiger partial charge on any atom is -0.447 e. The summed E-state index contributed by atoms with van der Waals surface area (Å²) in [4.78, 5) is 32.5. The molecule has 5 rings (SSSR count). The molecule has 2 aromatic carbocycles. The number of aliphatic hydroxyl groups is 1. The number of aliphatic hydroxyl groups excluding tert-OH is 1. The summed E-state index contributed by atoms with van der Waals surface area (Å²) in [5.41, 5.74) is 3.86. The second-order valence-electron chi connectivity index (χ2n) is 9.68. The van der Waals surface area contributed by atoms with Gasteiger partial charge in [-0.25, -0.2) is 9.59 Å². The van der Waals surface area contributed by atoms with Gasteiger partial charge in [-0.1, -0.05) is 48.5 Å². The van der Waals surface area contributed by atoms with E-state index in [1.165, 1.54) is 4.90 Å². The van der Waals surface area contributed by atoms with E-state index < -0.39 is 36.0 Å². The number of β-amino-alcohol motifs (C(OH)–C–C–N with tert-alkyl or cyclic N) is 1. The number of hydroxylamine groups is 2. The molecule has 174 valence electrons. The molecule has 0 bridgehead atoms. The van der Waals surface area contributed by atoms with Crippen molar-refractivity contribution in [2.45, 2.75) is 50.5 Å². The lowest BCUT2D eigenvalue weighted by molar-refractivity contribution is -0.128. The number of hydrogen-bond donors (Lipinski definition) is 1. The first-order valence-electron chi connectivity index (χ1n) is 11.2. The minimum atomic E-state index is -0.953. The minimum absolute atomic E-state index is 0.0702. The number of carbonyl (C=O) groups excluding carboxylic acids is 2. The van der Waals surface area contributed by atoms with E-state index in [1.807, 2.05) is 24.3 Å². The molecule has 0 aromatic heterocycles. The van der Waals surface area contributed by atoms with Gasteiger partial charge < -0.3 is 14.6 Å². The molecule has 1 N–H and O–H groups in total. The van der Waals surface area contributed by atoms with E-state index in [-0.39, 0.29) is 25.7 Å². The van der Waals surface area contributed by atoms with Gasteiger partial charge in [-0.2, -0.15) is 5.06 Å². The van der Waals surface area contributed by atoms with Gasteiger partial charge in [-0.15, -0.1) is 0 Å². The SMILES string of the molecule is CC(C)(C)OC(=O)N1C[C@H](O)[C@@H]2[C@H]1CON2C(=O)OCC1c2ccccc2-c2ccccc21. The number of carbonyl (C=O) groups is 2. The van der Waals surface area contributed by atoms with Gasteiger partial charge in [-0.3, -0.25) is 9.74 Å². The second kappa shape index (κ2) is 8.04. The third-order valence-electron chi connectivity index (χ3n) is 6.37. The van der Waals surface area contributed by atoms with Crippen LogP contribution in [0, 0.1) is 0 Å². The Labute approximate surface area is 192 Å². The maximum absolute atomic E-state index is 13.0. The van der Waals surface area contributed by atoms with Gasteiger partial charge in [0.25, 0.3) is 0 Å². The molecule has 3 aliphatic rings. The molecule has 2 fully saturated rings. The van der Waals surface area contributed by atoms with Gasteiger partial charge in [0, 0.05) is 5.92 Å². The van der Waals surface area contributed by atoms with Crippen LogP contribution in [0.5, 0.6) is 0 Å². The average molecular weight is 453 g/mol. The highest BCUT2D eigenvalue weighted by molar-refractivity contribution is 5.79. The van der Waals surface area contributed by atoms with Crippen molar-refractivity contribution >= 4 is 12.2 Å². The summed E-state index contributed by atoms with van der Waals surface area (Å²) in [7, 11) is 0. The van der Waals surface area contributed by atoms with Crippen LogP contribution < -0.4 is 0 Å². The van der Waals surface area contributed by atoms with E-state index in [4.69, 9.17) is 14.3 Å². The lowest BCUT2D eigenvalue weighted by Crippen LogP contribution is -2.45. The summed E-state index contributed by atoms with van der Waals surface area (Å²) in [6, 6.07) is 15.0. The van der Waals surface area contributed by atoms with Gasteiger partial charge in [0.2, 0.25) is 0 Å². The predicted molar refractivity (Wildman–Crippen MR) is 119 cm³/mol. The van der Waals surface area contributed by atoms with Gasteiger partial charge in [0.15, 0.2) is 0 Å². The fourth-order valence-corrected chi connectivity index (χ4v) is 4.99.